The first kappa shape index (κ1) is 18.3. The summed E-state index contributed by atoms with van der Waals surface area (Å²) >= 11 is 0. The number of nitrogens with one attached hydrogen (secondary N) is 1. The van der Waals surface area contributed by atoms with E-state index in [1.807, 2.05) is 0 Å². The van der Waals surface area contributed by atoms with E-state index < -0.39 is 17.7 Å². The molecule has 2 aliphatic heterocycles. The fourth-order valence-electron chi connectivity index (χ4n) is 3.43. The molecule has 2 aliphatic rings. The molecule has 0 bridgehead atoms. The summed E-state index contributed by atoms with van der Waals surface area (Å²) in [5.41, 5.74) is 0.832. The van der Waals surface area contributed by atoms with Crippen LogP contribution >= 0.6 is 0 Å². The predicted molar refractivity (Wildman–Crippen MR) is 90.2 cm³/mol. The van der Waals surface area contributed by atoms with Gasteiger partial charge >= 0.3 is 5.97 Å². The van der Waals surface area contributed by atoms with Gasteiger partial charge in [-0.3, -0.25) is 14.4 Å². The van der Waals surface area contributed by atoms with E-state index >= 15 is 0 Å². The molecule has 2 N–H and O–H groups in total. The van der Waals surface area contributed by atoms with Crippen molar-refractivity contribution in [3.05, 3.63) is 29.6 Å². The summed E-state index contributed by atoms with van der Waals surface area (Å²) in [6.45, 7) is 0.961. The second-order valence-electron chi connectivity index (χ2n) is 6.60. The Balaban J connectivity index is 1.82. The molecule has 0 unspecified atom stereocenters. The average Bonchev–Trinajstić information content (AvgIpc) is 3.09. The minimum Gasteiger partial charge on any atom is -0.481 e. The highest BCUT2D eigenvalue weighted by Gasteiger charge is 2.35. The van der Waals surface area contributed by atoms with Crippen LogP contribution in [0.25, 0.3) is 0 Å². The Kier molecular flexibility index (Phi) is 5.51. The van der Waals surface area contributed by atoms with Crippen molar-refractivity contribution in [1.29, 1.82) is 0 Å². The number of ether oxygens (including phenoxy) is 1. The van der Waals surface area contributed by atoms with Crippen molar-refractivity contribution in [2.24, 2.45) is 0 Å². The van der Waals surface area contributed by atoms with Gasteiger partial charge in [0.1, 0.15) is 5.82 Å². The van der Waals surface area contributed by atoms with Gasteiger partial charge in [-0.1, -0.05) is 6.07 Å². The van der Waals surface area contributed by atoms with Crippen molar-refractivity contribution >= 4 is 23.5 Å². The van der Waals surface area contributed by atoms with Gasteiger partial charge in [0.05, 0.1) is 18.4 Å². The quantitative estimate of drug-likeness (QED) is 0.801. The molecule has 0 saturated carbocycles. The molecule has 140 valence electrons. The van der Waals surface area contributed by atoms with E-state index in [2.05, 4.69) is 5.32 Å². The van der Waals surface area contributed by atoms with Gasteiger partial charge in [-0.15, -0.1) is 0 Å². The van der Waals surface area contributed by atoms with Gasteiger partial charge in [0.25, 0.3) is 0 Å². The van der Waals surface area contributed by atoms with Crippen molar-refractivity contribution < 1.29 is 28.6 Å². The fraction of sp³-hybridized carbons (Fsp3) is 0.500. The standard InChI is InChI=1S/C18H21FN2O5/c19-11-3-4-13-14(9-16(22)20-15(13)8-11)18(25)21(6-5-17(23)24)10-12-2-1-7-26-12/h3-4,8,12,14H,1-2,5-7,9-10H2,(H,20,22)(H,23,24)/t12-,14-/m0/s1. The van der Waals surface area contributed by atoms with E-state index in [4.69, 9.17) is 9.84 Å². The number of carbonyl (C=O) groups is 3. The van der Waals surface area contributed by atoms with Gasteiger partial charge in [0, 0.05) is 31.8 Å². The van der Waals surface area contributed by atoms with Crippen molar-refractivity contribution in [1.82, 2.24) is 4.90 Å². The summed E-state index contributed by atoms with van der Waals surface area (Å²) in [5.74, 6) is -2.95. The Morgan fingerprint density at radius 1 is 1.38 bits per heavy atom. The first-order valence-electron chi connectivity index (χ1n) is 8.65. The van der Waals surface area contributed by atoms with Gasteiger partial charge in [0.15, 0.2) is 0 Å². The van der Waals surface area contributed by atoms with Crippen LogP contribution in [0.5, 0.6) is 0 Å². The van der Waals surface area contributed by atoms with Crippen LogP contribution in [0, 0.1) is 5.82 Å². The van der Waals surface area contributed by atoms with Crippen LogP contribution in [0.2, 0.25) is 0 Å². The van der Waals surface area contributed by atoms with Gasteiger partial charge in [-0.05, 0) is 30.5 Å². The molecule has 0 aromatic heterocycles. The van der Waals surface area contributed by atoms with E-state index in [1.54, 1.807) is 0 Å². The van der Waals surface area contributed by atoms with E-state index in [0.717, 1.165) is 12.8 Å². The average molecular weight is 364 g/mol. The summed E-state index contributed by atoms with van der Waals surface area (Å²) < 4.78 is 19.0. The van der Waals surface area contributed by atoms with Crippen molar-refractivity contribution in [2.45, 2.75) is 37.7 Å². The molecule has 1 aromatic rings. The zero-order chi connectivity index (χ0) is 18.7. The predicted octanol–water partition coefficient (Wildman–Crippen LogP) is 1.73. The second-order valence-corrected chi connectivity index (χ2v) is 6.60. The summed E-state index contributed by atoms with van der Waals surface area (Å²) in [7, 11) is 0. The molecule has 2 amide bonds. The van der Waals surface area contributed by atoms with Gasteiger partial charge in [-0.25, -0.2) is 4.39 Å². The second kappa shape index (κ2) is 7.82. The van der Waals surface area contributed by atoms with Crippen LogP contribution in [-0.4, -0.2) is 53.6 Å². The number of aliphatic carboxylic acids is 1. The molecule has 2 atom stereocenters. The molecule has 26 heavy (non-hydrogen) atoms. The minimum atomic E-state index is -1.00. The number of rotatable bonds is 6. The van der Waals surface area contributed by atoms with Crippen molar-refractivity contribution in [3.8, 4) is 0 Å². The maximum Gasteiger partial charge on any atom is 0.305 e. The molecule has 1 aromatic carbocycles. The molecule has 2 heterocycles. The molecule has 1 saturated heterocycles. The van der Waals surface area contributed by atoms with Crippen LogP contribution in [0.4, 0.5) is 10.1 Å². The zero-order valence-corrected chi connectivity index (χ0v) is 14.2. The third-order valence-electron chi connectivity index (χ3n) is 4.71. The topological polar surface area (TPSA) is 95.9 Å². The van der Waals surface area contributed by atoms with Crippen LogP contribution in [0.1, 0.15) is 37.2 Å². The number of halogens is 1. The molecule has 0 radical (unpaired) electrons. The lowest BCUT2D eigenvalue weighted by Crippen LogP contribution is -2.43. The van der Waals surface area contributed by atoms with Crippen molar-refractivity contribution in [3.63, 3.8) is 0 Å². The zero-order valence-electron chi connectivity index (χ0n) is 14.2. The molecule has 8 heteroatoms. The largest absolute Gasteiger partial charge is 0.481 e. The number of hydrogen-bond acceptors (Lipinski definition) is 4. The number of nitrogens with zero attached hydrogens (tertiary/aromatic N) is 1. The molecule has 3 rings (SSSR count). The third-order valence-corrected chi connectivity index (χ3v) is 4.71. The van der Waals surface area contributed by atoms with Crippen molar-refractivity contribution in [2.75, 3.05) is 25.0 Å². The molecule has 7 nitrogen and oxygen atoms in total. The number of anilines is 1. The minimum absolute atomic E-state index is 0.0443. The summed E-state index contributed by atoms with van der Waals surface area (Å²) in [4.78, 5) is 37.5. The summed E-state index contributed by atoms with van der Waals surface area (Å²) in [5, 5.41) is 11.6. The first-order valence-corrected chi connectivity index (χ1v) is 8.65. The molecule has 1 fully saturated rings. The van der Waals surface area contributed by atoms with Crippen LogP contribution in [0.15, 0.2) is 18.2 Å². The van der Waals surface area contributed by atoms with Gasteiger partial charge < -0.3 is 20.1 Å². The monoisotopic (exact) mass is 364 g/mol. The third kappa shape index (κ3) is 4.19. The first-order chi connectivity index (χ1) is 12.4. The Morgan fingerprint density at radius 3 is 2.88 bits per heavy atom. The number of carboxylic acids is 1. The SMILES string of the molecule is O=C(O)CCN(C[C@@H]1CCCO1)C(=O)[C@H]1CC(=O)Nc2cc(F)ccc21. The maximum absolute atomic E-state index is 13.5. The number of hydrogen-bond donors (Lipinski definition) is 2. The number of benzene rings is 1. The van der Waals surface area contributed by atoms with Crippen LogP contribution in [-0.2, 0) is 19.1 Å². The Morgan fingerprint density at radius 2 is 2.19 bits per heavy atom. The van der Waals surface area contributed by atoms with E-state index in [0.29, 0.717) is 18.7 Å². The van der Waals surface area contributed by atoms with Gasteiger partial charge in [0.2, 0.25) is 11.8 Å². The highest BCUT2D eigenvalue weighted by Crippen LogP contribution is 2.34. The highest BCUT2D eigenvalue weighted by molar-refractivity contribution is 6.01. The van der Waals surface area contributed by atoms with E-state index in [9.17, 15) is 18.8 Å². The Hall–Kier alpha value is -2.48. The summed E-state index contributed by atoms with van der Waals surface area (Å²) in [6.07, 6.45) is 1.35. The summed E-state index contributed by atoms with van der Waals surface area (Å²) in [6, 6.07) is 3.93. The Labute approximate surface area is 150 Å². The maximum atomic E-state index is 13.5. The lowest BCUT2D eigenvalue weighted by atomic mass is 9.89. The van der Waals surface area contributed by atoms with E-state index in [-0.39, 0.29) is 43.0 Å². The molecular weight excluding hydrogens is 343 g/mol. The normalized spacial score (nSPS) is 21.8. The number of carbonyl (C=O) groups excluding carboxylic acids is 2. The van der Waals surface area contributed by atoms with Gasteiger partial charge in [-0.2, -0.15) is 0 Å². The van der Waals surface area contributed by atoms with Crippen LogP contribution in [0.3, 0.4) is 0 Å². The fourth-order valence-corrected chi connectivity index (χ4v) is 3.43. The highest BCUT2D eigenvalue weighted by atomic mass is 19.1. The van der Waals surface area contributed by atoms with E-state index in [1.165, 1.54) is 23.1 Å². The number of amides is 2. The Bertz CT molecular complexity index is 718. The lowest BCUT2D eigenvalue weighted by Gasteiger charge is -2.31. The molecule has 0 aliphatic carbocycles. The molecule has 0 spiro atoms. The molecular formula is C18H21FN2O5. The lowest BCUT2D eigenvalue weighted by molar-refractivity contribution is -0.140. The number of fused-ring (bicyclic) bond motifs is 1. The van der Waals surface area contributed by atoms with Crippen LogP contribution < -0.4 is 5.32 Å². The smallest absolute Gasteiger partial charge is 0.305 e. The number of carboxylic acid groups (broad SMARTS) is 1.